The first-order valence-electron chi connectivity index (χ1n) is 5.87. The van der Waals surface area contributed by atoms with Crippen LogP contribution in [0.25, 0.3) is 0 Å². The van der Waals surface area contributed by atoms with E-state index in [9.17, 15) is 9.59 Å². The molecule has 0 spiro atoms. The van der Waals surface area contributed by atoms with Gasteiger partial charge in [-0.2, -0.15) is 0 Å². The summed E-state index contributed by atoms with van der Waals surface area (Å²) in [4.78, 5) is 30.7. The SMILES string of the molecule is CNC(=O)c1ccc(N)cc1Sc1nc(C)cc(=O)[nH]1. The Kier molecular flexibility index (Phi) is 4.09. The molecule has 0 atom stereocenters. The molecule has 0 aliphatic carbocycles. The molecule has 1 amide bonds. The number of rotatable bonds is 3. The third-order valence-electron chi connectivity index (χ3n) is 2.53. The van der Waals surface area contributed by atoms with E-state index in [-0.39, 0.29) is 11.5 Å². The molecule has 0 saturated carbocycles. The van der Waals surface area contributed by atoms with E-state index in [4.69, 9.17) is 5.73 Å². The Balaban J connectivity index is 2.44. The fourth-order valence-corrected chi connectivity index (χ4v) is 2.66. The number of hydrogen-bond acceptors (Lipinski definition) is 5. The van der Waals surface area contributed by atoms with Gasteiger partial charge in [0.2, 0.25) is 0 Å². The lowest BCUT2D eigenvalue weighted by atomic mass is 10.2. The Hall–Kier alpha value is -2.28. The van der Waals surface area contributed by atoms with Gasteiger partial charge in [0, 0.05) is 29.4 Å². The van der Waals surface area contributed by atoms with E-state index in [1.807, 2.05) is 0 Å². The minimum Gasteiger partial charge on any atom is -0.399 e. The van der Waals surface area contributed by atoms with E-state index in [0.717, 1.165) is 0 Å². The Bertz CT molecular complexity index is 712. The highest BCUT2D eigenvalue weighted by Gasteiger charge is 2.12. The van der Waals surface area contributed by atoms with E-state index in [1.54, 1.807) is 32.2 Å². The average Bonchev–Trinajstić information content (AvgIpc) is 2.37. The summed E-state index contributed by atoms with van der Waals surface area (Å²) in [6.07, 6.45) is 0. The second-order valence-corrected chi connectivity index (χ2v) is 5.16. The highest BCUT2D eigenvalue weighted by molar-refractivity contribution is 7.99. The number of carbonyl (C=O) groups is 1. The molecule has 0 bridgehead atoms. The zero-order valence-electron chi connectivity index (χ0n) is 11.1. The molecule has 104 valence electrons. The number of amides is 1. The first kappa shape index (κ1) is 14.1. The highest BCUT2D eigenvalue weighted by Crippen LogP contribution is 2.29. The zero-order valence-corrected chi connectivity index (χ0v) is 11.9. The van der Waals surface area contributed by atoms with Crippen LogP contribution < -0.4 is 16.6 Å². The summed E-state index contributed by atoms with van der Waals surface area (Å²) in [5.74, 6) is -0.220. The monoisotopic (exact) mass is 290 g/mol. The molecule has 1 heterocycles. The maximum absolute atomic E-state index is 11.8. The number of nitrogens with one attached hydrogen (secondary N) is 2. The van der Waals surface area contributed by atoms with E-state index in [0.29, 0.717) is 27.0 Å². The standard InChI is InChI=1S/C13H14N4O2S/c1-7-5-11(18)17-13(16-7)20-10-6-8(14)3-4-9(10)12(19)15-2/h3-6H,14H2,1-2H3,(H,15,19)(H,16,17,18). The molecule has 0 fully saturated rings. The van der Waals surface area contributed by atoms with Gasteiger partial charge in [0.15, 0.2) is 5.16 Å². The van der Waals surface area contributed by atoms with Crippen molar-refractivity contribution < 1.29 is 4.79 Å². The summed E-state index contributed by atoms with van der Waals surface area (Å²) in [5, 5.41) is 2.99. The predicted octanol–water partition coefficient (Wildman–Crippen LogP) is 1.17. The summed E-state index contributed by atoms with van der Waals surface area (Å²) in [6, 6.07) is 6.38. The molecule has 7 heteroatoms. The third-order valence-corrected chi connectivity index (χ3v) is 3.48. The van der Waals surface area contributed by atoms with Crippen LogP contribution in [0.1, 0.15) is 16.1 Å². The lowest BCUT2D eigenvalue weighted by Gasteiger charge is -2.08. The van der Waals surface area contributed by atoms with Crippen molar-refractivity contribution in [3.05, 3.63) is 45.9 Å². The van der Waals surface area contributed by atoms with Crippen LogP contribution in [0.2, 0.25) is 0 Å². The van der Waals surface area contributed by atoms with Gasteiger partial charge in [-0.1, -0.05) is 11.8 Å². The van der Waals surface area contributed by atoms with E-state index in [2.05, 4.69) is 15.3 Å². The van der Waals surface area contributed by atoms with Crippen LogP contribution in [0.15, 0.2) is 39.1 Å². The molecule has 0 aliphatic rings. The number of hydrogen-bond donors (Lipinski definition) is 3. The van der Waals surface area contributed by atoms with Gasteiger partial charge in [-0.25, -0.2) is 4.98 Å². The zero-order chi connectivity index (χ0) is 14.7. The topological polar surface area (TPSA) is 101 Å². The highest BCUT2D eigenvalue weighted by atomic mass is 32.2. The minimum absolute atomic E-state index is 0.220. The number of benzene rings is 1. The molecule has 0 saturated heterocycles. The van der Waals surface area contributed by atoms with Crippen LogP contribution >= 0.6 is 11.8 Å². The maximum Gasteiger partial charge on any atom is 0.252 e. The number of carbonyl (C=O) groups excluding carboxylic acids is 1. The molecule has 0 radical (unpaired) electrons. The van der Waals surface area contributed by atoms with E-state index in [1.165, 1.54) is 17.8 Å². The Morgan fingerprint density at radius 2 is 2.15 bits per heavy atom. The summed E-state index contributed by atoms with van der Waals surface area (Å²) in [6.45, 7) is 1.73. The van der Waals surface area contributed by atoms with E-state index < -0.39 is 0 Å². The van der Waals surface area contributed by atoms with Gasteiger partial charge in [-0.3, -0.25) is 9.59 Å². The van der Waals surface area contributed by atoms with Gasteiger partial charge in [-0.05, 0) is 25.1 Å². The van der Waals surface area contributed by atoms with Crippen molar-refractivity contribution in [1.82, 2.24) is 15.3 Å². The lowest BCUT2D eigenvalue weighted by Crippen LogP contribution is -2.18. The van der Waals surface area contributed by atoms with Gasteiger partial charge in [-0.15, -0.1) is 0 Å². The lowest BCUT2D eigenvalue weighted by molar-refractivity contribution is 0.0960. The van der Waals surface area contributed by atoms with Gasteiger partial charge >= 0.3 is 0 Å². The van der Waals surface area contributed by atoms with Crippen molar-refractivity contribution in [2.75, 3.05) is 12.8 Å². The molecule has 6 nitrogen and oxygen atoms in total. The Morgan fingerprint density at radius 3 is 2.80 bits per heavy atom. The fourth-order valence-electron chi connectivity index (χ4n) is 1.65. The van der Waals surface area contributed by atoms with Crippen molar-refractivity contribution in [3.8, 4) is 0 Å². The van der Waals surface area contributed by atoms with Crippen LogP contribution in [0, 0.1) is 6.92 Å². The first-order valence-corrected chi connectivity index (χ1v) is 6.68. The maximum atomic E-state index is 11.8. The fraction of sp³-hybridized carbons (Fsp3) is 0.154. The number of nitrogens with zero attached hydrogens (tertiary/aromatic N) is 1. The van der Waals surface area contributed by atoms with Crippen molar-refractivity contribution in [2.24, 2.45) is 0 Å². The molecule has 0 unspecified atom stereocenters. The number of H-pyrrole nitrogens is 1. The van der Waals surface area contributed by atoms with Crippen LogP contribution in [0.5, 0.6) is 0 Å². The van der Waals surface area contributed by atoms with Gasteiger partial charge < -0.3 is 16.0 Å². The predicted molar refractivity (Wildman–Crippen MR) is 78.0 cm³/mol. The molecular formula is C13H14N4O2S. The van der Waals surface area contributed by atoms with Crippen LogP contribution in [-0.4, -0.2) is 22.9 Å². The van der Waals surface area contributed by atoms with E-state index >= 15 is 0 Å². The van der Waals surface area contributed by atoms with Gasteiger partial charge in [0.1, 0.15) is 0 Å². The normalized spacial score (nSPS) is 10.3. The van der Waals surface area contributed by atoms with Crippen molar-refractivity contribution in [1.29, 1.82) is 0 Å². The minimum atomic E-state index is -0.231. The smallest absolute Gasteiger partial charge is 0.252 e. The number of aryl methyl sites for hydroxylation is 1. The first-order chi connectivity index (χ1) is 9.49. The summed E-state index contributed by atoms with van der Waals surface area (Å²) < 4.78 is 0. The third kappa shape index (κ3) is 3.18. The number of aromatic nitrogens is 2. The summed E-state index contributed by atoms with van der Waals surface area (Å²) >= 11 is 1.19. The number of aromatic amines is 1. The molecule has 0 aliphatic heterocycles. The summed E-state index contributed by atoms with van der Waals surface area (Å²) in [5.41, 5.74) is 7.15. The molecule has 2 rings (SSSR count). The second-order valence-electron chi connectivity index (χ2n) is 4.13. The number of nitrogens with two attached hydrogens (primary N) is 1. The Morgan fingerprint density at radius 1 is 1.40 bits per heavy atom. The summed E-state index contributed by atoms with van der Waals surface area (Å²) in [7, 11) is 1.56. The van der Waals surface area contributed by atoms with Crippen LogP contribution in [0.3, 0.4) is 0 Å². The Labute approximate surface area is 119 Å². The van der Waals surface area contributed by atoms with Crippen molar-refractivity contribution in [3.63, 3.8) is 0 Å². The van der Waals surface area contributed by atoms with Gasteiger partial charge in [0.05, 0.1) is 5.56 Å². The second kappa shape index (κ2) is 5.79. The van der Waals surface area contributed by atoms with Crippen LogP contribution in [-0.2, 0) is 0 Å². The molecular weight excluding hydrogens is 276 g/mol. The van der Waals surface area contributed by atoms with Crippen molar-refractivity contribution in [2.45, 2.75) is 17.0 Å². The number of nitrogen functional groups attached to an aromatic ring is 1. The average molecular weight is 290 g/mol. The molecule has 20 heavy (non-hydrogen) atoms. The molecule has 1 aromatic carbocycles. The quantitative estimate of drug-likeness (QED) is 0.582. The van der Waals surface area contributed by atoms with Crippen LogP contribution in [0.4, 0.5) is 5.69 Å². The molecule has 2 aromatic rings. The number of anilines is 1. The largest absolute Gasteiger partial charge is 0.399 e. The molecule has 1 aromatic heterocycles. The van der Waals surface area contributed by atoms with Gasteiger partial charge in [0.25, 0.3) is 11.5 Å². The molecule has 4 N–H and O–H groups in total. The van der Waals surface area contributed by atoms with Crippen molar-refractivity contribution >= 4 is 23.4 Å².